The van der Waals surface area contributed by atoms with E-state index in [2.05, 4.69) is 18.8 Å². The predicted octanol–water partition coefficient (Wildman–Crippen LogP) is 2.26. The van der Waals surface area contributed by atoms with Gasteiger partial charge in [0.05, 0.1) is 0 Å². The molecular weight excluding hydrogens is 408 g/mol. The molecule has 0 atom stereocenters. The summed E-state index contributed by atoms with van der Waals surface area (Å²) in [6, 6.07) is 19.7. The Morgan fingerprint density at radius 3 is 1.96 bits per heavy atom. The van der Waals surface area contributed by atoms with Crippen molar-refractivity contribution in [2.45, 2.75) is 36.1 Å². The number of nitrogens with two attached hydrogens (primary N) is 1. The van der Waals surface area contributed by atoms with Crippen LogP contribution in [0.2, 0.25) is 5.04 Å². The predicted molar refractivity (Wildman–Crippen MR) is 116 cm³/mol. The lowest BCUT2D eigenvalue weighted by Gasteiger charge is -2.41. The van der Waals surface area contributed by atoms with Crippen molar-refractivity contribution in [2.24, 2.45) is 5.14 Å². The fourth-order valence-electron chi connectivity index (χ4n) is 3.46. The van der Waals surface area contributed by atoms with Crippen LogP contribution in [-0.2, 0) is 16.4 Å². The van der Waals surface area contributed by atoms with E-state index in [9.17, 15) is 13.2 Å². The number of nitrogens with zero attached hydrogens (tertiary/aromatic N) is 1. The summed E-state index contributed by atoms with van der Waals surface area (Å²) in [6.07, 6.45) is 2.87. The fraction of sp³-hybridized carbons (Fsp3) is 0.250. The first-order valence-electron chi connectivity index (χ1n) is 8.95. The summed E-state index contributed by atoms with van der Waals surface area (Å²) < 4.78 is 22.9. The third-order valence-electron chi connectivity index (χ3n) is 5.13. The van der Waals surface area contributed by atoms with Crippen LogP contribution in [0.15, 0.2) is 71.2 Å². The maximum atomic E-state index is 12.1. The Morgan fingerprint density at radius 1 is 1.04 bits per heavy atom. The lowest BCUT2D eigenvalue weighted by Crippen LogP contribution is -2.65. The molecule has 5 nitrogen and oxygen atoms in total. The summed E-state index contributed by atoms with van der Waals surface area (Å²) in [4.78, 5) is 16.9. The van der Waals surface area contributed by atoms with Gasteiger partial charge in [0.15, 0.2) is 0 Å². The highest BCUT2D eigenvalue weighted by molar-refractivity contribution is 7.91. The summed E-state index contributed by atoms with van der Waals surface area (Å²) in [6.45, 7) is 4.17. The van der Waals surface area contributed by atoms with Crippen LogP contribution in [0.4, 0.5) is 0 Å². The Labute approximate surface area is 171 Å². The van der Waals surface area contributed by atoms with E-state index in [1.807, 2.05) is 60.7 Å². The molecule has 3 aromatic rings. The zero-order valence-corrected chi connectivity index (χ0v) is 18.5. The van der Waals surface area contributed by atoms with Gasteiger partial charge in [0.25, 0.3) is 18.3 Å². The van der Waals surface area contributed by atoms with Crippen molar-refractivity contribution in [3.63, 3.8) is 0 Å². The van der Waals surface area contributed by atoms with Crippen molar-refractivity contribution in [3.8, 4) is 0 Å². The second-order valence-corrected chi connectivity index (χ2v) is 14.2. The second kappa shape index (κ2) is 7.88. The molecule has 3 N–H and O–H groups in total. The fourth-order valence-corrected chi connectivity index (χ4v) is 8.82. The van der Waals surface area contributed by atoms with Gasteiger partial charge < -0.3 is 4.80 Å². The minimum absolute atomic E-state index is 0.0704. The molecule has 0 saturated heterocycles. The zero-order valence-electron chi connectivity index (χ0n) is 15.9. The standard InChI is InChI=1S/C20H24N2O3S2Si/c1-20(2,14-13-16-15-22-19(26-16)27(21,23)24)28(25,17-9-5-3-6-10-17)18-11-7-4-8-12-18/h3-12,15,25H,13-14H2,1-2H3,(H2,21,23,24). The molecule has 0 aliphatic rings. The van der Waals surface area contributed by atoms with Crippen LogP contribution in [-0.4, -0.2) is 26.5 Å². The number of aryl methyl sites for hydroxylation is 1. The minimum Gasteiger partial charge on any atom is -0.424 e. The molecular formula is C20H24N2O3S2Si. The van der Waals surface area contributed by atoms with Crippen molar-refractivity contribution in [2.75, 3.05) is 0 Å². The van der Waals surface area contributed by atoms with Crippen LogP contribution in [0.1, 0.15) is 25.1 Å². The number of hydrogen-bond donors (Lipinski definition) is 2. The maximum absolute atomic E-state index is 12.1. The van der Waals surface area contributed by atoms with Crippen molar-refractivity contribution in [1.29, 1.82) is 0 Å². The van der Waals surface area contributed by atoms with E-state index in [1.165, 1.54) is 0 Å². The summed E-state index contributed by atoms with van der Waals surface area (Å²) in [5, 5.41) is 6.68. The van der Waals surface area contributed by atoms with Gasteiger partial charge in [-0.15, -0.1) is 11.3 Å². The van der Waals surface area contributed by atoms with Crippen molar-refractivity contribution in [3.05, 3.63) is 71.7 Å². The topological polar surface area (TPSA) is 93.3 Å². The quantitative estimate of drug-likeness (QED) is 0.560. The van der Waals surface area contributed by atoms with Gasteiger partial charge in [-0.3, -0.25) is 0 Å². The summed E-state index contributed by atoms with van der Waals surface area (Å²) in [5.74, 6) is 0. The lowest BCUT2D eigenvalue weighted by atomic mass is 10.1. The number of primary sulfonamides is 1. The molecule has 0 radical (unpaired) electrons. The molecule has 28 heavy (non-hydrogen) atoms. The molecule has 1 aromatic heterocycles. The number of hydrogen-bond acceptors (Lipinski definition) is 5. The van der Waals surface area contributed by atoms with Gasteiger partial charge in [-0.05, 0) is 28.3 Å². The maximum Gasteiger partial charge on any atom is 0.265 e. The SMILES string of the molecule is CC(C)(CCc1cnc(S(N)(=O)=O)s1)[Si](O)(c1ccccc1)c1ccccc1. The van der Waals surface area contributed by atoms with Gasteiger partial charge in [0, 0.05) is 11.1 Å². The Morgan fingerprint density at radius 2 is 1.54 bits per heavy atom. The third kappa shape index (κ3) is 4.11. The van der Waals surface area contributed by atoms with Gasteiger partial charge in [0.2, 0.25) is 4.34 Å². The van der Waals surface area contributed by atoms with Gasteiger partial charge in [-0.25, -0.2) is 18.5 Å². The van der Waals surface area contributed by atoms with E-state index in [4.69, 9.17) is 5.14 Å². The number of sulfonamides is 1. The number of thiazole rings is 1. The Kier molecular flexibility index (Phi) is 5.88. The molecule has 0 aliphatic carbocycles. The highest BCUT2D eigenvalue weighted by Crippen LogP contribution is 2.40. The first-order chi connectivity index (χ1) is 13.1. The highest BCUT2D eigenvalue weighted by atomic mass is 32.2. The van der Waals surface area contributed by atoms with E-state index in [0.717, 1.165) is 26.6 Å². The average Bonchev–Trinajstić information content (AvgIpc) is 3.17. The number of benzene rings is 2. The lowest BCUT2D eigenvalue weighted by molar-refractivity contribution is 0.467. The Balaban J connectivity index is 1.94. The second-order valence-electron chi connectivity index (χ2n) is 7.46. The van der Waals surface area contributed by atoms with E-state index in [-0.39, 0.29) is 4.34 Å². The largest absolute Gasteiger partial charge is 0.424 e. The van der Waals surface area contributed by atoms with E-state index >= 15 is 0 Å². The molecule has 0 spiro atoms. The minimum atomic E-state index is -3.78. The normalized spacial score (nSPS) is 12.9. The van der Waals surface area contributed by atoms with Crippen molar-refractivity contribution in [1.82, 2.24) is 4.98 Å². The molecule has 2 aromatic carbocycles. The average molecular weight is 433 g/mol. The zero-order chi connectivity index (χ0) is 20.4. The smallest absolute Gasteiger partial charge is 0.265 e. The molecule has 0 saturated carbocycles. The van der Waals surface area contributed by atoms with Crippen LogP contribution in [0.5, 0.6) is 0 Å². The molecule has 8 heteroatoms. The summed E-state index contributed by atoms with van der Waals surface area (Å²) >= 11 is 1.09. The molecule has 0 unspecified atom stereocenters. The monoisotopic (exact) mass is 432 g/mol. The van der Waals surface area contributed by atoms with Crippen LogP contribution in [0.25, 0.3) is 0 Å². The van der Waals surface area contributed by atoms with E-state index in [0.29, 0.717) is 12.8 Å². The van der Waals surface area contributed by atoms with Crippen molar-refractivity contribution < 1.29 is 13.2 Å². The molecule has 0 fully saturated rings. The summed E-state index contributed by atoms with van der Waals surface area (Å²) in [7, 11) is -6.86. The third-order valence-corrected chi connectivity index (χ3v) is 12.1. The molecule has 0 aliphatic heterocycles. The molecule has 1 heterocycles. The Hall–Kier alpha value is -1.84. The van der Waals surface area contributed by atoms with Crippen LogP contribution in [0, 0.1) is 0 Å². The number of rotatable bonds is 7. The highest BCUT2D eigenvalue weighted by Gasteiger charge is 2.49. The first kappa shape index (κ1) is 20.9. The molecule has 0 bridgehead atoms. The Bertz CT molecular complexity index is 996. The summed E-state index contributed by atoms with van der Waals surface area (Å²) in [5.41, 5.74) is 0. The van der Waals surface area contributed by atoms with Crippen LogP contribution < -0.4 is 15.5 Å². The van der Waals surface area contributed by atoms with Crippen LogP contribution >= 0.6 is 11.3 Å². The number of aromatic nitrogens is 1. The van der Waals surface area contributed by atoms with E-state index in [1.54, 1.807) is 6.20 Å². The van der Waals surface area contributed by atoms with Crippen molar-refractivity contribution >= 4 is 40.1 Å². The van der Waals surface area contributed by atoms with Gasteiger partial charge >= 0.3 is 0 Å². The molecule has 3 rings (SSSR count). The molecule has 0 amide bonds. The van der Waals surface area contributed by atoms with Gasteiger partial charge in [-0.1, -0.05) is 74.5 Å². The first-order valence-corrected chi connectivity index (χ1v) is 13.3. The van der Waals surface area contributed by atoms with Crippen LogP contribution in [0.3, 0.4) is 0 Å². The van der Waals surface area contributed by atoms with Gasteiger partial charge in [-0.2, -0.15) is 0 Å². The van der Waals surface area contributed by atoms with E-state index < -0.39 is 23.4 Å². The molecule has 148 valence electrons. The van der Waals surface area contributed by atoms with Gasteiger partial charge in [0.1, 0.15) is 0 Å².